The molecule has 0 saturated carbocycles. The van der Waals surface area contributed by atoms with Crippen molar-refractivity contribution in [1.82, 2.24) is 14.9 Å². The lowest BCUT2D eigenvalue weighted by Gasteiger charge is -2.39. The molecule has 0 bridgehead atoms. The number of carbonyl (C=O) groups is 1. The number of nitrogens with one attached hydrogen (secondary N) is 1. The Bertz CT molecular complexity index is 609. The first kappa shape index (κ1) is 15.8. The van der Waals surface area contributed by atoms with Crippen LogP contribution in [0.2, 0.25) is 0 Å². The van der Waals surface area contributed by atoms with Crippen molar-refractivity contribution in [3.8, 4) is 0 Å². The molecule has 1 amide bonds. The van der Waals surface area contributed by atoms with Crippen molar-refractivity contribution < 1.29 is 4.79 Å². The molecule has 2 heterocycles. The summed E-state index contributed by atoms with van der Waals surface area (Å²) >= 11 is 0. The lowest BCUT2D eigenvalue weighted by atomic mass is 9.83. The third-order valence-electron chi connectivity index (χ3n) is 4.87. The number of carbonyl (C=O) groups excluding carboxylic acids is 1. The first-order valence-corrected chi connectivity index (χ1v) is 8.64. The highest BCUT2D eigenvalue weighted by Crippen LogP contribution is 2.34. The van der Waals surface area contributed by atoms with E-state index in [9.17, 15) is 4.79 Å². The lowest BCUT2D eigenvalue weighted by molar-refractivity contribution is 0.0570. The number of nitrogens with zero attached hydrogens (tertiary/aromatic N) is 2. The van der Waals surface area contributed by atoms with Crippen molar-refractivity contribution >= 4 is 5.91 Å². The fourth-order valence-corrected chi connectivity index (χ4v) is 3.59. The smallest absolute Gasteiger partial charge is 0.272 e. The van der Waals surface area contributed by atoms with Gasteiger partial charge in [0.05, 0.1) is 12.5 Å². The Labute approximate surface area is 137 Å². The van der Waals surface area contributed by atoms with E-state index in [2.05, 4.69) is 52.1 Å². The minimum atomic E-state index is 0.0927. The molecule has 2 atom stereocenters. The number of rotatable bonds is 5. The summed E-state index contributed by atoms with van der Waals surface area (Å²) in [5.41, 5.74) is 2.01. The zero-order valence-corrected chi connectivity index (χ0v) is 13.7. The number of aromatic amines is 1. The summed E-state index contributed by atoms with van der Waals surface area (Å²) < 4.78 is 0. The zero-order valence-electron chi connectivity index (χ0n) is 13.7. The predicted molar refractivity (Wildman–Crippen MR) is 91.4 cm³/mol. The SMILES string of the molecule is CCCC[C@@H]1C[C@@H](c2ccccc2)CCN1C(=O)c1cnc[nH]1. The zero-order chi connectivity index (χ0) is 16.1. The van der Waals surface area contributed by atoms with E-state index in [0.29, 0.717) is 17.7 Å². The van der Waals surface area contributed by atoms with E-state index in [4.69, 9.17) is 0 Å². The number of H-pyrrole nitrogens is 1. The summed E-state index contributed by atoms with van der Waals surface area (Å²) in [6.45, 7) is 3.03. The Kier molecular flexibility index (Phi) is 5.11. The molecule has 1 N–H and O–H groups in total. The number of imidazole rings is 1. The van der Waals surface area contributed by atoms with Crippen molar-refractivity contribution in [3.05, 3.63) is 54.1 Å². The van der Waals surface area contributed by atoms with Crippen LogP contribution in [0.25, 0.3) is 0 Å². The molecule has 0 aliphatic carbocycles. The van der Waals surface area contributed by atoms with Gasteiger partial charge in [0.1, 0.15) is 5.69 Å². The molecule has 1 aromatic heterocycles. The number of benzene rings is 1. The average Bonchev–Trinajstić information content (AvgIpc) is 3.14. The van der Waals surface area contributed by atoms with Crippen LogP contribution in [0, 0.1) is 0 Å². The molecule has 3 rings (SSSR count). The standard InChI is InChI=1S/C19H25N3O/c1-2-3-9-17-12-16(15-7-5-4-6-8-15)10-11-22(17)19(23)18-13-20-14-21-18/h4-8,13-14,16-17H,2-3,9-12H2,1H3,(H,20,21)/t16-,17+/m0/s1. The third kappa shape index (κ3) is 3.63. The molecule has 4 heteroatoms. The van der Waals surface area contributed by atoms with Gasteiger partial charge in [-0.15, -0.1) is 0 Å². The largest absolute Gasteiger partial charge is 0.341 e. The molecule has 4 nitrogen and oxygen atoms in total. The van der Waals surface area contributed by atoms with Gasteiger partial charge in [-0.25, -0.2) is 4.98 Å². The van der Waals surface area contributed by atoms with Gasteiger partial charge in [0, 0.05) is 12.6 Å². The number of hydrogen-bond donors (Lipinski definition) is 1. The Morgan fingerprint density at radius 3 is 2.87 bits per heavy atom. The quantitative estimate of drug-likeness (QED) is 0.907. The topological polar surface area (TPSA) is 49.0 Å². The first-order valence-electron chi connectivity index (χ1n) is 8.64. The molecular weight excluding hydrogens is 286 g/mol. The van der Waals surface area contributed by atoms with Crippen LogP contribution in [0.4, 0.5) is 0 Å². The highest BCUT2D eigenvalue weighted by molar-refractivity contribution is 5.92. The molecule has 1 fully saturated rings. The highest BCUT2D eigenvalue weighted by atomic mass is 16.2. The van der Waals surface area contributed by atoms with Gasteiger partial charge < -0.3 is 9.88 Å². The molecule has 1 aliphatic rings. The van der Waals surface area contributed by atoms with E-state index in [1.807, 2.05) is 0 Å². The van der Waals surface area contributed by atoms with Crippen LogP contribution in [0.5, 0.6) is 0 Å². The molecular formula is C19H25N3O. The van der Waals surface area contributed by atoms with E-state index in [1.54, 1.807) is 12.5 Å². The number of amides is 1. The van der Waals surface area contributed by atoms with Crippen LogP contribution in [0.1, 0.15) is 61.0 Å². The van der Waals surface area contributed by atoms with E-state index in [1.165, 1.54) is 18.4 Å². The van der Waals surface area contributed by atoms with Crippen LogP contribution < -0.4 is 0 Å². The van der Waals surface area contributed by atoms with Crippen LogP contribution in [-0.4, -0.2) is 33.4 Å². The summed E-state index contributed by atoms with van der Waals surface area (Å²) in [7, 11) is 0. The maximum atomic E-state index is 12.7. The van der Waals surface area contributed by atoms with Gasteiger partial charge in [0.2, 0.25) is 0 Å². The Morgan fingerprint density at radius 2 is 2.17 bits per heavy atom. The van der Waals surface area contributed by atoms with Crippen molar-refractivity contribution in [1.29, 1.82) is 0 Å². The minimum absolute atomic E-state index is 0.0927. The number of hydrogen-bond acceptors (Lipinski definition) is 2. The number of unbranched alkanes of at least 4 members (excludes halogenated alkanes) is 1. The summed E-state index contributed by atoms with van der Waals surface area (Å²) in [4.78, 5) is 21.7. The average molecular weight is 311 g/mol. The summed E-state index contributed by atoms with van der Waals surface area (Å²) in [5.74, 6) is 0.652. The number of likely N-dealkylation sites (tertiary alicyclic amines) is 1. The third-order valence-corrected chi connectivity index (χ3v) is 4.87. The maximum Gasteiger partial charge on any atom is 0.272 e. The van der Waals surface area contributed by atoms with Crippen LogP contribution in [-0.2, 0) is 0 Å². The Hall–Kier alpha value is -2.10. The molecule has 1 aliphatic heterocycles. The van der Waals surface area contributed by atoms with Crippen molar-refractivity contribution in [2.45, 2.75) is 51.0 Å². The molecule has 0 spiro atoms. The minimum Gasteiger partial charge on any atom is -0.341 e. The van der Waals surface area contributed by atoms with Crippen LogP contribution in [0.15, 0.2) is 42.9 Å². The fraction of sp³-hybridized carbons (Fsp3) is 0.474. The lowest BCUT2D eigenvalue weighted by Crippen LogP contribution is -2.45. The first-order chi connectivity index (χ1) is 11.3. The predicted octanol–water partition coefficient (Wildman–Crippen LogP) is 3.99. The highest BCUT2D eigenvalue weighted by Gasteiger charge is 2.32. The monoisotopic (exact) mass is 311 g/mol. The summed E-state index contributed by atoms with van der Waals surface area (Å²) in [6.07, 6.45) is 8.71. The molecule has 2 aromatic rings. The molecule has 1 saturated heterocycles. The maximum absolute atomic E-state index is 12.7. The van der Waals surface area contributed by atoms with E-state index < -0.39 is 0 Å². The molecule has 23 heavy (non-hydrogen) atoms. The number of piperidine rings is 1. The molecule has 0 unspecified atom stereocenters. The van der Waals surface area contributed by atoms with Gasteiger partial charge in [-0.2, -0.15) is 0 Å². The van der Waals surface area contributed by atoms with Gasteiger partial charge >= 0.3 is 0 Å². The summed E-state index contributed by atoms with van der Waals surface area (Å²) in [5, 5.41) is 0. The molecule has 122 valence electrons. The Balaban J connectivity index is 1.75. The van der Waals surface area contributed by atoms with Crippen molar-refractivity contribution in [2.75, 3.05) is 6.54 Å². The van der Waals surface area contributed by atoms with E-state index in [-0.39, 0.29) is 5.91 Å². The van der Waals surface area contributed by atoms with E-state index in [0.717, 1.165) is 25.8 Å². The summed E-state index contributed by atoms with van der Waals surface area (Å²) in [6, 6.07) is 11.0. The molecule has 1 aromatic carbocycles. The molecule has 0 radical (unpaired) electrons. The van der Waals surface area contributed by atoms with Gasteiger partial charge in [-0.05, 0) is 30.7 Å². The van der Waals surface area contributed by atoms with Crippen molar-refractivity contribution in [2.24, 2.45) is 0 Å². The van der Waals surface area contributed by atoms with Gasteiger partial charge in [0.15, 0.2) is 0 Å². The second kappa shape index (κ2) is 7.44. The van der Waals surface area contributed by atoms with E-state index >= 15 is 0 Å². The number of aromatic nitrogens is 2. The van der Waals surface area contributed by atoms with Gasteiger partial charge in [-0.1, -0.05) is 50.1 Å². The van der Waals surface area contributed by atoms with Crippen LogP contribution >= 0.6 is 0 Å². The van der Waals surface area contributed by atoms with Gasteiger partial charge in [0.25, 0.3) is 5.91 Å². The van der Waals surface area contributed by atoms with Gasteiger partial charge in [-0.3, -0.25) is 4.79 Å². The van der Waals surface area contributed by atoms with Crippen molar-refractivity contribution in [3.63, 3.8) is 0 Å². The van der Waals surface area contributed by atoms with Crippen LogP contribution in [0.3, 0.4) is 0 Å². The second-order valence-corrected chi connectivity index (χ2v) is 6.39. The fourth-order valence-electron chi connectivity index (χ4n) is 3.59. The normalized spacial score (nSPS) is 21.3. The second-order valence-electron chi connectivity index (χ2n) is 6.39. The Morgan fingerprint density at radius 1 is 1.35 bits per heavy atom.